The number of aryl methyl sites for hydroxylation is 1. The van der Waals surface area contributed by atoms with E-state index < -0.39 is 0 Å². The Hall–Kier alpha value is -3.35. The summed E-state index contributed by atoms with van der Waals surface area (Å²) >= 11 is 0. The first-order chi connectivity index (χ1) is 11.7. The van der Waals surface area contributed by atoms with E-state index in [9.17, 15) is 0 Å². The summed E-state index contributed by atoms with van der Waals surface area (Å²) in [5.41, 5.74) is 8.03. The van der Waals surface area contributed by atoms with Crippen LogP contribution in [0.4, 0.5) is 5.82 Å². The van der Waals surface area contributed by atoms with Gasteiger partial charge in [0.1, 0.15) is 22.7 Å². The second-order valence-electron chi connectivity index (χ2n) is 5.32. The zero-order valence-corrected chi connectivity index (χ0v) is 13.2. The molecule has 1 aromatic carbocycles. The van der Waals surface area contributed by atoms with Crippen molar-refractivity contribution in [3.8, 4) is 23.0 Å². The summed E-state index contributed by atoms with van der Waals surface area (Å²) in [5.74, 6) is 2.81. The molecule has 7 heteroatoms. The van der Waals surface area contributed by atoms with Crippen molar-refractivity contribution in [1.29, 1.82) is 0 Å². The number of aromatic nitrogens is 4. The number of anilines is 1. The second kappa shape index (κ2) is 5.38. The summed E-state index contributed by atoms with van der Waals surface area (Å²) in [6.45, 7) is 1.87. The van der Waals surface area contributed by atoms with Gasteiger partial charge in [-0.2, -0.15) is 5.10 Å². The Bertz CT molecular complexity index is 1030. The highest BCUT2D eigenvalue weighted by Gasteiger charge is 2.15. The molecule has 0 saturated carbocycles. The summed E-state index contributed by atoms with van der Waals surface area (Å²) in [5, 5.41) is 4.49. The molecule has 24 heavy (non-hydrogen) atoms. The lowest BCUT2D eigenvalue weighted by Gasteiger charge is -2.06. The van der Waals surface area contributed by atoms with Gasteiger partial charge in [-0.1, -0.05) is 12.1 Å². The van der Waals surface area contributed by atoms with E-state index in [0.717, 1.165) is 11.4 Å². The topological polar surface area (TPSA) is 92.0 Å². The number of ether oxygens (including phenoxy) is 1. The van der Waals surface area contributed by atoms with Gasteiger partial charge in [0.2, 0.25) is 0 Å². The van der Waals surface area contributed by atoms with Crippen LogP contribution in [0.5, 0.6) is 5.75 Å². The summed E-state index contributed by atoms with van der Waals surface area (Å²) < 4.78 is 12.6. The summed E-state index contributed by atoms with van der Waals surface area (Å²) in [6.07, 6.45) is 1.80. The van der Waals surface area contributed by atoms with Gasteiger partial charge >= 0.3 is 0 Å². The molecule has 4 rings (SSSR count). The van der Waals surface area contributed by atoms with E-state index in [1.807, 2.05) is 43.3 Å². The summed E-state index contributed by atoms with van der Waals surface area (Å²) in [6, 6.07) is 11.3. The number of nitrogen functional groups attached to an aromatic ring is 1. The third-order valence-corrected chi connectivity index (χ3v) is 3.68. The Labute approximate surface area is 137 Å². The predicted octanol–water partition coefficient (Wildman–Crippen LogP) is 2.97. The highest BCUT2D eigenvalue weighted by molar-refractivity contribution is 5.85. The number of furan rings is 1. The average molecular weight is 321 g/mol. The zero-order chi connectivity index (χ0) is 16.7. The molecule has 0 bridgehead atoms. The van der Waals surface area contributed by atoms with Gasteiger partial charge in [0.05, 0.1) is 13.3 Å². The van der Waals surface area contributed by atoms with Crippen molar-refractivity contribution in [2.24, 2.45) is 0 Å². The van der Waals surface area contributed by atoms with Gasteiger partial charge < -0.3 is 14.9 Å². The fraction of sp³-hybridized carbons (Fsp3) is 0.118. The molecule has 0 spiro atoms. The number of methoxy groups -OCH3 is 1. The standard InChI is InChI=1S/C17H15N5O2/c1-10-7-8-14(24-10)17-19-11-9-22(21-15(11)16(18)20-17)12-5-3-4-6-13(12)23-2/h3-9H,1-2H3,(H2,18,19,20). The van der Waals surface area contributed by atoms with Crippen LogP contribution < -0.4 is 10.5 Å². The first kappa shape index (κ1) is 14.3. The van der Waals surface area contributed by atoms with Crippen LogP contribution in [-0.4, -0.2) is 26.9 Å². The minimum absolute atomic E-state index is 0.303. The Morgan fingerprint density at radius 3 is 2.71 bits per heavy atom. The van der Waals surface area contributed by atoms with Gasteiger partial charge in [-0.25, -0.2) is 14.6 Å². The van der Waals surface area contributed by atoms with Crippen LogP contribution in [0.3, 0.4) is 0 Å². The second-order valence-corrected chi connectivity index (χ2v) is 5.32. The summed E-state index contributed by atoms with van der Waals surface area (Å²) in [7, 11) is 1.62. The molecule has 0 fully saturated rings. The first-order valence-corrected chi connectivity index (χ1v) is 7.39. The van der Waals surface area contributed by atoms with Gasteiger partial charge in [-0.15, -0.1) is 0 Å². The molecule has 7 nitrogen and oxygen atoms in total. The molecule has 0 atom stereocenters. The van der Waals surface area contributed by atoms with E-state index in [2.05, 4.69) is 15.1 Å². The van der Waals surface area contributed by atoms with Crippen molar-refractivity contribution < 1.29 is 9.15 Å². The normalized spacial score (nSPS) is 11.1. The predicted molar refractivity (Wildman–Crippen MR) is 90.1 cm³/mol. The van der Waals surface area contributed by atoms with Crippen LogP contribution in [0.25, 0.3) is 28.3 Å². The molecule has 3 aromatic heterocycles. The molecule has 0 amide bonds. The quantitative estimate of drug-likeness (QED) is 0.623. The van der Waals surface area contributed by atoms with E-state index in [-0.39, 0.29) is 0 Å². The number of hydrogen-bond donors (Lipinski definition) is 1. The van der Waals surface area contributed by atoms with Crippen LogP contribution in [0.15, 0.2) is 47.0 Å². The minimum atomic E-state index is 0.303. The van der Waals surface area contributed by atoms with Crippen LogP contribution in [0.2, 0.25) is 0 Å². The van der Waals surface area contributed by atoms with Crippen molar-refractivity contribution in [3.05, 3.63) is 48.4 Å². The molecule has 0 radical (unpaired) electrons. The van der Waals surface area contributed by atoms with Gasteiger partial charge in [0.15, 0.2) is 22.9 Å². The first-order valence-electron chi connectivity index (χ1n) is 7.39. The average Bonchev–Trinajstić information content (AvgIpc) is 3.21. The Balaban J connectivity index is 1.88. The fourth-order valence-corrected chi connectivity index (χ4v) is 2.54. The van der Waals surface area contributed by atoms with Gasteiger partial charge in [0.25, 0.3) is 0 Å². The number of rotatable bonds is 3. The number of nitrogens with zero attached hydrogens (tertiary/aromatic N) is 4. The zero-order valence-electron chi connectivity index (χ0n) is 13.2. The number of fused-ring (bicyclic) bond motifs is 1. The molecular formula is C17H15N5O2. The fourth-order valence-electron chi connectivity index (χ4n) is 2.54. The van der Waals surface area contributed by atoms with Gasteiger partial charge in [0, 0.05) is 0 Å². The third kappa shape index (κ3) is 2.26. The molecule has 0 saturated heterocycles. The number of benzene rings is 1. The van der Waals surface area contributed by atoms with E-state index in [1.165, 1.54) is 0 Å². The van der Waals surface area contributed by atoms with Crippen molar-refractivity contribution in [2.75, 3.05) is 12.8 Å². The van der Waals surface area contributed by atoms with E-state index in [0.29, 0.717) is 34.2 Å². The lowest BCUT2D eigenvalue weighted by Crippen LogP contribution is -1.99. The monoisotopic (exact) mass is 321 g/mol. The number of hydrogen-bond acceptors (Lipinski definition) is 6. The maximum atomic E-state index is 6.06. The van der Waals surface area contributed by atoms with E-state index in [4.69, 9.17) is 14.9 Å². The van der Waals surface area contributed by atoms with Crippen molar-refractivity contribution in [1.82, 2.24) is 19.7 Å². The van der Waals surface area contributed by atoms with Crippen LogP contribution in [-0.2, 0) is 0 Å². The number of para-hydroxylation sites is 2. The largest absolute Gasteiger partial charge is 0.494 e. The molecule has 4 aromatic rings. The SMILES string of the molecule is COc1ccccc1-n1cc2nc(-c3ccc(C)o3)nc(N)c2n1. The smallest absolute Gasteiger partial charge is 0.198 e. The third-order valence-electron chi connectivity index (χ3n) is 3.68. The maximum Gasteiger partial charge on any atom is 0.198 e. The van der Waals surface area contributed by atoms with E-state index in [1.54, 1.807) is 18.0 Å². The summed E-state index contributed by atoms with van der Waals surface area (Å²) in [4.78, 5) is 8.81. The minimum Gasteiger partial charge on any atom is -0.494 e. The Kier molecular flexibility index (Phi) is 3.19. The highest BCUT2D eigenvalue weighted by atomic mass is 16.5. The lowest BCUT2D eigenvalue weighted by molar-refractivity contribution is 0.412. The maximum absolute atomic E-state index is 6.06. The molecule has 0 unspecified atom stereocenters. The Morgan fingerprint density at radius 2 is 1.96 bits per heavy atom. The van der Waals surface area contributed by atoms with E-state index >= 15 is 0 Å². The molecule has 0 aliphatic rings. The molecule has 120 valence electrons. The van der Waals surface area contributed by atoms with Crippen molar-refractivity contribution >= 4 is 16.9 Å². The van der Waals surface area contributed by atoms with Crippen molar-refractivity contribution in [2.45, 2.75) is 6.92 Å². The van der Waals surface area contributed by atoms with Gasteiger partial charge in [-0.05, 0) is 31.2 Å². The lowest BCUT2D eigenvalue weighted by atomic mass is 10.3. The molecular weight excluding hydrogens is 306 g/mol. The molecule has 0 aliphatic carbocycles. The van der Waals surface area contributed by atoms with Crippen LogP contribution in [0.1, 0.15) is 5.76 Å². The van der Waals surface area contributed by atoms with Crippen LogP contribution >= 0.6 is 0 Å². The van der Waals surface area contributed by atoms with Crippen LogP contribution in [0, 0.1) is 6.92 Å². The molecule has 0 aliphatic heterocycles. The molecule has 3 heterocycles. The van der Waals surface area contributed by atoms with Gasteiger partial charge in [-0.3, -0.25) is 0 Å². The van der Waals surface area contributed by atoms with Crippen molar-refractivity contribution in [3.63, 3.8) is 0 Å². The highest BCUT2D eigenvalue weighted by Crippen LogP contribution is 2.27. The Morgan fingerprint density at radius 1 is 1.12 bits per heavy atom. The molecule has 2 N–H and O–H groups in total. The number of nitrogens with two attached hydrogens (primary N) is 1.